The van der Waals surface area contributed by atoms with Gasteiger partial charge in [0.05, 0.1) is 25.7 Å². The molecule has 1 aliphatic carbocycles. The molecule has 0 atom stereocenters. The van der Waals surface area contributed by atoms with E-state index < -0.39 is 0 Å². The van der Waals surface area contributed by atoms with E-state index in [1.165, 1.54) is 12.7 Å². The summed E-state index contributed by atoms with van der Waals surface area (Å²) in [6.45, 7) is 6.33. The molecule has 6 heteroatoms. The molecule has 5 nitrogen and oxygen atoms in total. The Kier molecular flexibility index (Phi) is 4.85. The van der Waals surface area contributed by atoms with Gasteiger partial charge in [0.1, 0.15) is 0 Å². The Labute approximate surface area is 161 Å². The lowest BCUT2D eigenvalue weighted by atomic mass is 9.62. The Morgan fingerprint density at radius 2 is 1.67 bits per heavy atom. The van der Waals surface area contributed by atoms with Crippen molar-refractivity contribution in [3.8, 4) is 0 Å². The number of rotatable bonds is 4. The van der Waals surface area contributed by atoms with E-state index in [0.29, 0.717) is 26.2 Å². The van der Waals surface area contributed by atoms with E-state index in [-0.39, 0.29) is 29.5 Å². The average molecular weight is 372 g/mol. The van der Waals surface area contributed by atoms with E-state index in [1.54, 1.807) is 0 Å². The van der Waals surface area contributed by atoms with Crippen LogP contribution in [0.5, 0.6) is 0 Å². The zero-order valence-electron chi connectivity index (χ0n) is 16.6. The van der Waals surface area contributed by atoms with Crippen LogP contribution >= 0.6 is 0 Å². The van der Waals surface area contributed by atoms with Gasteiger partial charge in [-0.1, -0.05) is 38.1 Å². The molecule has 0 unspecified atom stereocenters. The summed E-state index contributed by atoms with van der Waals surface area (Å²) in [6.07, 6.45) is 4.38. The van der Waals surface area contributed by atoms with Crippen LogP contribution in [0.15, 0.2) is 24.3 Å². The number of esters is 1. The van der Waals surface area contributed by atoms with Crippen molar-refractivity contribution in [2.75, 3.05) is 26.9 Å². The normalized spacial score (nSPS) is 32.3. The maximum absolute atomic E-state index is 11.7. The lowest BCUT2D eigenvalue weighted by Crippen LogP contribution is -2.50. The first-order valence-corrected chi connectivity index (χ1v) is 9.90. The first kappa shape index (κ1) is 19.0. The average Bonchev–Trinajstić information content (AvgIpc) is 2.69. The second-order valence-electron chi connectivity index (χ2n) is 9.28. The number of ether oxygens (including phenoxy) is 2. The van der Waals surface area contributed by atoms with Gasteiger partial charge in [0.15, 0.2) is 0 Å². The van der Waals surface area contributed by atoms with Crippen molar-refractivity contribution in [2.45, 2.75) is 51.6 Å². The van der Waals surface area contributed by atoms with E-state index in [0.717, 1.165) is 31.1 Å². The predicted molar refractivity (Wildman–Crippen MR) is 103 cm³/mol. The van der Waals surface area contributed by atoms with E-state index in [1.807, 2.05) is 0 Å². The molecule has 0 spiro atoms. The molecule has 1 aromatic carbocycles. The maximum Gasteiger partial charge on any atom is 0.493 e. The third-order valence-electron chi connectivity index (χ3n) is 6.48. The Balaban J connectivity index is 1.43. The molecule has 0 radical (unpaired) electrons. The third-order valence-corrected chi connectivity index (χ3v) is 6.48. The van der Waals surface area contributed by atoms with Gasteiger partial charge < -0.3 is 18.8 Å². The van der Waals surface area contributed by atoms with Gasteiger partial charge in [-0.25, -0.2) is 0 Å². The first-order chi connectivity index (χ1) is 12.9. The highest BCUT2D eigenvalue weighted by molar-refractivity contribution is 6.61. The molecule has 2 bridgehead atoms. The Morgan fingerprint density at radius 3 is 2.19 bits per heavy atom. The van der Waals surface area contributed by atoms with Gasteiger partial charge in [0, 0.05) is 24.0 Å². The highest BCUT2D eigenvalue weighted by Gasteiger charge is 2.51. The van der Waals surface area contributed by atoms with Crippen LogP contribution in [0.3, 0.4) is 0 Å². The molecule has 4 fully saturated rings. The summed E-state index contributed by atoms with van der Waals surface area (Å²) in [4.78, 5) is 11.7. The fraction of sp³-hybridized carbons (Fsp3) is 0.667. The van der Waals surface area contributed by atoms with Crippen LogP contribution in [0, 0.1) is 10.8 Å². The van der Waals surface area contributed by atoms with Crippen LogP contribution in [0.25, 0.3) is 0 Å². The minimum absolute atomic E-state index is 0.0363. The van der Waals surface area contributed by atoms with Crippen molar-refractivity contribution in [3.63, 3.8) is 0 Å². The Bertz CT molecular complexity index is 664. The second-order valence-corrected chi connectivity index (χ2v) is 9.28. The number of fused-ring (bicyclic) bond motifs is 3. The molecule has 0 N–H and O–H groups in total. The van der Waals surface area contributed by atoms with Gasteiger partial charge in [0.2, 0.25) is 0 Å². The number of hydrogen-bond donors (Lipinski definition) is 0. The van der Waals surface area contributed by atoms with E-state index in [2.05, 4.69) is 38.1 Å². The maximum atomic E-state index is 11.7. The largest absolute Gasteiger partial charge is 0.493 e. The Morgan fingerprint density at radius 1 is 1.04 bits per heavy atom. The monoisotopic (exact) mass is 372 g/mol. The van der Waals surface area contributed by atoms with E-state index in [4.69, 9.17) is 18.8 Å². The summed E-state index contributed by atoms with van der Waals surface area (Å²) in [6, 6.07) is 8.50. The van der Waals surface area contributed by atoms with E-state index in [9.17, 15) is 4.79 Å². The van der Waals surface area contributed by atoms with Crippen molar-refractivity contribution >= 4 is 18.6 Å². The fourth-order valence-corrected chi connectivity index (χ4v) is 4.57. The summed E-state index contributed by atoms with van der Waals surface area (Å²) in [5, 5.41) is 0. The zero-order chi connectivity index (χ0) is 19.1. The van der Waals surface area contributed by atoms with Crippen molar-refractivity contribution in [1.29, 1.82) is 0 Å². The molecule has 27 heavy (non-hydrogen) atoms. The summed E-state index contributed by atoms with van der Waals surface area (Å²) < 4.78 is 23.0. The molecule has 3 saturated heterocycles. The third kappa shape index (κ3) is 3.67. The molecule has 3 heterocycles. The van der Waals surface area contributed by atoms with Crippen molar-refractivity contribution < 1.29 is 23.6 Å². The molecule has 0 aromatic heterocycles. The zero-order valence-corrected chi connectivity index (χ0v) is 16.6. The standard InChI is InChI=1S/C21H29BO5/c1-19(2)13-26-22(27-14-19)17-6-4-16(5-7-17)21-10-8-20(9-11-21,15-25-21)12-18(23)24-3/h4-7H,8-15H2,1-3H3. The van der Waals surface area contributed by atoms with Crippen LogP contribution < -0.4 is 5.46 Å². The van der Waals surface area contributed by atoms with Crippen LogP contribution in [-0.2, 0) is 29.2 Å². The summed E-state index contributed by atoms with van der Waals surface area (Å²) >= 11 is 0. The highest BCUT2D eigenvalue weighted by atomic mass is 16.6. The van der Waals surface area contributed by atoms with Crippen molar-refractivity contribution in [2.24, 2.45) is 10.8 Å². The van der Waals surface area contributed by atoms with Gasteiger partial charge in [-0.05, 0) is 36.7 Å². The molecule has 3 aliphatic heterocycles. The van der Waals surface area contributed by atoms with Gasteiger partial charge in [-0.3, -0.25) is 4.79 Å². The minimum atomic E-state index is -0.282. The lowest BCUT2D eigenvalue weighted by Gasteiger charge is -2.53. The van der Waals surface area contributed by atoms with Gasteiger partial charge in [-0.2, -0.15) is 0 Å². The van der Waals surface area contributed by atoms with Gasteiger partial charge in [-0.15, -0.1) is 0 Å². The Hall–Kier alpha value is -1.37. The molecular formula is C21H29BO5. The number of carbonyl (C=O) groups is 1. The summed E-state index contributed by atoms with van der Waals surface area (Å²) in [5.41, 5.74) is 2.09. The van der Waals surface area contributed by atoms with Crippen LogP contribution in [0.1, 0.15) is 51.5 Å². The fourth-order valence-electron chi connectivity index (χ4n) is 4.57. The van der Waals surface area contributed by atoms with Crippen molar-refractivity contribution in [1.82, 2.24) is 0 Å². The molecule has 4 aliphatic rings. The number of benzene rings is 1. The molecular weight excluding hydrogens is 343 g/mol. The first-order valence-electron chi connectivity index (χ1n) is 9.90. The van der Waals surface area contributed by atoms with Crippen molar-refractivity contribution in [3.05, 3.63) is 29.8 Å². The summed E-state index contributed by atoms with van der Waals surface area (Å²) in [7, 11) is 1.17. The quantitative estimate of drug-likeness (QED) is 0.601. The van der Waals surface area contributed by atoms with Crippen LogP contribution in [-0.4, -0.2) is 40.0 Å². The SMILES string of the molecule is COC(=O)CC12CCC(c3ccc(B4OCC(C)(C)CO4)cc3)(CC1)OC2. The predicted octanol–water partition coefficient (Wildman–Crippen LogP) is 2.80. The number of carbonyl (C=O) groups excluding carboxylic acids is 1. The van der Waals surface area contributed by atoms with Gasteiger partial charge >= 0.3 is 13.1 Å². The van der Waals surface area contributed by atoms with E-state index >= 15 is 0 Å². The second kappa shape index (κ2) is 6.91. The highest BCUT2D eigenvalue weighted by Crippen LogP contribution is 2.54. The molecule has 146 valence electrons. The lowest BCUT2D eigenvalue weighted by molar-refractivity contribution is -0.196. The van der Waals surface area contributed by atoms with Crippen LogP contribution in [0.2, 0.25) is 0 Å². The summed E-state index contributed by atoms with van der Waals surface area (Å²) in [5.74, 6) is -0.131. The van der Waals surface area contributed by atoms with Crippen LogP contribution in [0.4, 0.5) is 0 Å². The molecule has 0 amide bonds. The molecule has 1 aromatic rings. The smallest absolute Gasteiger partial charge is 0.469 e. The number of hydrogen-bond acceptors (Lipinski definition) is 5. The minimum Gasteiger partial charge on any atom is -0.469 e. The topological polar surface area (TPSA) is 54.0 Å². The molecule has 1 saturated carbocycles. The number of methoxy groups -OCH3 is 1. The van der Waals surface area contributed by atoms with Gasteiger partial charge in [0.25, 0.3) is 0 Å². The molecule has 5 rings (SSSR count).